The van der Waals surface area contributed by atoms with E-state index in [-0.39, 0.29) is 12.8 Å². The van der Waals surface area contributed by atoms with E-state index in [0.29, 0.717) is 25.7 Å². The van der Waals surface area contributed by atoms with Gasteiger partial charge in [-0.15, -0.1) is 0 Å². The third kappa shape index (κ3) is 46.7. The zero-order chi connectivity index (χ0) is 48.8. The molecule has 4 atom stereocenters. The van der Waals surface area contributed by atoms with Crippen molar-refractivity contribution >= 4 is 27.6 Å². The fraction of sp³-hybridized carbons (Fsp3) is 0.520. The first-order valence-electron chi connectivity index (χ1n) is 23.0. The molecule has 5 N–H and O–H groups in total. The number of rotatable bonds is 41. The number of carbonyl (C=O) groups is 2. The average Bonchev–Trinajstić information content (AvgIpc) is 3.27. The molecule has 0 bridgehead atoms. The number of esters is 2. The number of carbonyl (C=O) groups excluding carboxylic acids is 2. The lowest BCUT2D eigenvalue weighted by atomic mass is 10.1. The zero-order valence-corrected chi connectivity index (χ0v) is 40.9. The van der Waals surface area contributed by atoms with E-state index < -0.39 is 72.3 Å². The zero-order valence-electron chi connectivity index (χ0n) is 39.1. The molecule has 372 valence electrons. The molecule has 2 unspecified atom stereocenters. The van der Waals surface area contributed by atoms with Crippen molar-refractivity contribution in [1.29, 1.82) is 0 Å². The summed E-state index contributed by atoms with van der Waals surface area (Å²) in [5.74, 6) is -1.20. The van der Waals surface area contributed by atoms with Crippen molar-refractivity contribution in [1.82, 2.24) is 0 Å². The van der Waals surface area contributed by atoms with Crippen LogP contribution in [0, 0.1) is 0 Å². The highest BCUT2D eigenvalue weighted by Crippen LogP contribution is 2.43. The Labute approximate surface area is 394 Å². The number of allylic oxidation sites excluding steroid dienone is 20. The van der Waals surface area contributed by atoms with E-state index in [2.05, 4.69) is 95.8 Å². The van der Waals surface area contributed by atoms with Gasteiger partial charge in [-0.3, -0.25) is 23.2 Å². The SMILES string of the molecule is CC/C=C\C/C=C\C/C=C\C/C=C\C/C=C\CCCCCC(=O)O[C@H](COC(=O)CC/C=C\C/C=C\C/C=C\C/C=C/C=C/C(O)C/C=C\CC)COP(=O)(O)OC[C@@H](O)COP(=O)(O)O. The van der Waals surface area contributed by atoms with Crippen molar-refractivity contribution < 1.29 is 66.7 Å². The molecular weight excluding hydrogens is 886 g/mol. The van der Waals surface area contributed by atoms with Gasteiger partial charge >= 0.3 is 27.6 Å². The molecule has 0 aliphatic rings. The highest BCUT2D eigenvalue weighted by atomic mass is 31.2. The van der Waals surface area contributed by atoms with Crippen molar-refractivity contribution in [3.8, 4) is 0 Å². The third-order valence-electron chi connectivity index (χ3n) is 8.62. The Bertz CT molecular complexity index is 1680. The Morgan fingerprint density at radius 3 is 1.55 bits per heavy atom. The molecule has 66 heavy (non-hydrogen) atoms. The third-order valence-corrected chi connectivity index (χ3v) is 10.1. The van der Waals surface area contributed by atoms with Gasteiger partial charge in [-0.1, -0.05) is 154 Å². The minimum Gasteiger partial charge on any atom is -0.462 e. The van der Waals surface area contributed by atoms with Gasteiger partial charge in [-0.05, 0) is 89.9 Å². The van der Waals surface area contributed by atoms with Gasteiger partial charge < -0.3 is 34.4 Å². The molecule has 0 saturated heterocycles. The van der Waals surface area contributed by atoms with Crippen LogP contribution < -0.4 is 0 Å². The van der Waals surface area contributed by atoms with Crippen LogP contribution >= 0.6 is 15.6 Å². The topological polar surface area (TPSA) is 216 Å². The first-order chi connectivity index (χ1) is 31.8. The van der Waals surface area contributed by atoms with Crippen LogP contribution in [0.15, 0.2) is 134 Å². The normalized spacial score (nSPS) is 15.6. The van der Waals surface area contributed by atoms with Gasteiger partial charge in [-0.2, -0.15) is 0 Å². The van der Waals surface area contributed by atoms with Gasteiger partial charge in [0, 0.05) is 12.8 Å². The molecule has 0 spiro atoms. The van der Waals surface area contributed by atoms with Crippen molar-refractivity contribution in [3.63, 3.8) is 0 Å². The molecule has 0 aliphatic heterocycles. The van der Waals surface area contributed by atoms with Crippen molar-refractivity contribution in [2.24, 2.45) is 0 Å². The summed E-state index contributed by atoms with van der Waals surface area (Å²) in [4.78, 5) is 52.8. The van der Waals surface area contributed by atoms with Crippen LogP contribution in [0.1, 0.15) is 123 Å². The van der Waals surface area contributed by atoms with Gasteiger partial charge in [0.2, 0.25) is 0 Å². The maximum Gasteiger partial charge on any atom is 0.472 e. The molecule has 0 heterocycles. The summed E-state index contributed by atoms with van der Waals surface area (Å²) in [6.07, 6.45) is 53.5. The van der Waals surface area contributed by atoms with Crippen molar-refractivity contribution in [2.45, 2.75) is 141 Å². The lowest BCUT2D eigenvalue weighted by molar-refractivity contribution is -0.161. The van der Waals surface area contributed by atoms with Crippen LogP contribution in [0.4, 0.5) is 0 Å². The highest BCUT2D eigenvalue weighted by molar-refractivity contribution is 7.47. The van der Waals surface area contributed by atoms with Gasteiger partial charge in [0.15, 0.2) is 6.10 Å². The van der Waals surface area contributed by atoms with E-state index in [9.17, 15) is 33.8 Å². The van der Waals surface area contributed by atoms with E-state index in [1.165, 1.54) is 0 Å². The molecule has 0 amide bonds. The van der Waals surface area contributed by atoms with E-state index >= 15 is 0 Å². The Morgan fingerprint density at radius 1 is 0.500 bits per heavy atom. The second-order valence-corrected chi connectivity index (χ2v) is 17.5. The van der Waals surface area contributed by atoms with Crippen LogP contribution in [0.25, 0.3) is 0 Å². The minimum absolute atomic E-state index is 0.0378. The summed E-state index contributed by atoms with van der Waals surface area (Å²) in [6.45, 7) is 1.28. The molecule has 14 nitrogen and oxygen atoms in total. The molecule has 0 saturated carbocycles. The predicted octanol–water partition coefficient (Wildman–Crippen LogP) is 11.2. The van der Waals surface area contributed by atoms with Crippen molar-refractivity contribution in [3.05, 3.63) is 134 Å². The summed E-state index contributed by atoms with van der Waals surface area (Å²) < 4.78 is 47.7. The number of hydrogen-bond donors (Lipinski definition) is 5. The lowest BCUT2D eigenvalue weighted by Gasteiger charge is -2.20. The number of aliphatic hydroxyl groups excluding tert-OH is 2. The molecule has 0 aromatic carbocycles. The molecule has 0 fully saturated rings. The van der Waals surface area contributed by atoms with Crippen LogP contribution in [0.5, 0.6) is 0 Å². The molecular formula is C50H78O14P2. The van der Waals surface area contributed by atoms with E-state index in [4.69, 9.17) is 23.8 Å². The van der Waals surface area contributed by atoms with Gasteiger partial charge in [0.1, 0.15) is 12.7 Å². The number of ether oxygens (including phenoxy) is 2. The summed E-state index contributed by atoms with van der Waals surface area (Å²) in [6, 6.07) is 0. The fourth-order valence-corrected chi connectivity index (χ4v) is 6.34. The maximum atomic E-state index is 12.7. The number of unbranched alkanes of at least 4 members (excludes halogenated alkanes) is 3. The summed E-state index contributed by atoms with van der Waals surface area (Å²) in [7, 11) is -9.74. The highest BCUT2D eigenvalue weighted by Gasteiger charge is 2.28. The molecule has 0 aromatic heterocycles. The Balaban J connectivity index is 4.73. The molecule has 16 heteroatoms. The maximum absolute atomic E-state index is 12.7. The van der Waals surface area contributed by atoms with E-state index in [0.717, 1.165) is 70.6 Å². The second-order valence-electron chi connectivity index (χ2n) is 14.8. The smallest absolute Gasteiger partial charge is 0.462 e. The number of phosphoric acid groups is 2. The Kier molecular flexibility index (Phi) is 41.3. The molecule has 0 aliphatic carbocycles. The number of aliphatic hydroxyl groups is 2. The first kappa shape index (κ1) is 62.2. The quantitative estimate of drug-likeness (QED) is 0.0127. The standard InChI is InChI=1S/C50H78O14P2/c1-3-5-7-8-9-10-11-12-13-14-15-16-17-20-24-27-30-33-37-41-50(54)64-48(45-63-66(58,59)62-43-47(52)42-61-65(55,56)57)44-60-49(53)40-36-32-29-26-23-21-18-19-22-25-28-31-35-39-46(51)38-34-6-4-2/h5-7,9-10,12-13,15-16,19-24,28-29,31-32,34-35,39,46-48,51-52H,3-4,8,11,14,17-18,25-27,30,33,36-38,40-45H2,1-2H3,(H,58,59)(H2,55,56,57)/b7-5-,10-9-,13-12-,16-15-,22-19-,23-21-,24-20-,31-28+,32-29-,34-6-,39-35+/t46?,47-,48+/m0/s1. The van der Waals surface area contributed by atoms with Crippen LogP contribution in [0.2, 0.25) is 0 Å². The monoisotopic (exact) mass is 964 g/mol. The predicted molar refractivity (Wildman–Crippen MR) is 263 cm³/mol. The van der Waals surface area contributed by atoms with Crippen molar-refractivity contribution in [2.75, 3.05) is 26.4 Å². The largest absolute Gasteiger partial charge is 0.472 e. The van der Waals surface area contributed by atoms with Gasteiger partial charge in [-0.25, -0.2) is 9.13 Å². The van der Waals surface area contributed by atoms with Gasteiger partial charge in [0.25, 0.3) is 0 Å². The minimum atomic E-state index is -4.89. The van der Waals surface area contributed by atoms with E-state index in [1.807, 2.05) is 54.7 Å². The molecule has 0 rings (SSSR count). The lowest BCUT2D eigenvalue weighted by Crippen LogP contribution is -2.29. The number of hydrogen-bond acceptors (Lipinski definition) is 11. The Hall–Kier alpha value is -3.78. The fourth-order valence-electron chi connectivity index (χ4n) is 5.19. The van der Waals surface area contributed by atoms with Crippen LogP contribution in [0.3, 0.4) is 0 Å². The van der Waals surface area contributed by atoms with Gasteiger partial charge in [0.05, 0.1) is 25.9 Å². The molecule has 0 radical (unpaired) electrons. The van der Waals surface area contributed by atoms with E-state index in [1.54, 1.807) is 6.08 Å². The summed E-state index contributed by atoms with van der Waals surface area (Å²) in [5, 5.41) is 19.6. The first-order valence-corrected chi connectivity index (χ1v) is 26.0. The van der Waals surface area contributed by atoms with Crippen LogP contribution in [-0.2, 0) is 41.8 Å². The molecule has 0 aromatic rings. The summed E-state index contributed by atoms with van der Waals surface area (Å²) in [5.41, 5.74) is 0. The summed E-state index contributed by atoms with van der Waals surface area (Å²) >= 11 is 0. The number of phosphoric ester groups is 2. The average molecular weight is 965 g/mol. The van der Waals surface area contributed by atoms with Crippen LogP contribution in [-0.4, -0.2) is 81.6 Å². The second kappa shape index (κ2) is 43.8. The Morgan fingerprint density at radius 2 is 0.985 bits per heavy atom.